The van der Waals surface area contributed by atoms with Gasteiger partial charge in [-0.1, -0.05) is 12.1 Å². The van der Waals surface area contributed by atoms with Gasteiger partial charge in [0.05, 0.1) is 11.1 Å². The van der Waals surface area contributed by atoms with Crippen LogP contribution < -0.4 is 10.5 Å². The predicted octanol–water partition coefficient (Wildman–Crippen LogP) is 1.90. The number of nitrogen functional groups attached to an aromatic ring is 1. The van der Waals surface area contributed by atoms with Gasteiger partial charge < -0.3 is 10.5 Å². The summed E-state index contributed by atoms with van der Waals surface area (Å²) in [6.07, 6.45) is 0.826. The van der Waals surface area contributed by atoms with E-state index in [2.05, 4.69) is 9.97 Å². The van der Waals surface area contributed by atoms with Crippen molar-refractivity contribution in [1.29, 1.82) is 0 Å². The zero-order valence-corrected chi connectivity index (χ0v) is 8.91. The van der Waals surface area contributed by atoms with Gasteiger partial charge in [0, 0.05) is 6.07 Å². The third-order valence-electron chi connectivity index (χ3n) is 2.00. The van der Waals surface area contributed by atoms with E-state index in [1.165, 1.54) is 24.3 Å². The Balaban J connectivity index is 2.40. The topological polar surface area (TPSA) is 104 Å². The van der Waals surface area contributed by atoms with Gasteiger partial charge in [-0.25, -0.2) is 4.98 Å². The summed E-state index contributed by atoms with van der Waals surface area (Å²) in [5, 5.41) is 10.7. The van der Waals surface area contributed by atoms with E-state index < -0.39 is 16.6 Å². The van der Waals surface area contributed by atoms with Crippen LogP contribution in [0.5, 0.6) is 11.6 Å². The third-order valence-corrected chi connectivity index (χ3v) is 2.00. The summed E-state index contributed by atoms with van der Waals surface area (Å²) in [7, 11) is 0. The van der Waals surface area contributed by atoms with E-state index >= 15 is 0 Å². The molecular weight excluding hydrogens is 243 g/mol. The van der Waals surface area contributed by atoms with E-state index in [4.69, 9.17) is 10.5 Å². The van der Waals surface area contributed by atoms with E-state index in [1.807, 2.05) is 0 Å². The molecule has 2 N–H and O–H groups in total. The Morgan fingerprint density at radius 1 is 1.39 bits per heavy atom. The monoisotopic (exact) mass is 250 g/mol. The van der Waals surface area contributed by atoms with Crippen molar-refractivity contribution in [2.75, 3.05) is 5.73 Å². The van der Waals surface area contributed by atoms with Crippen LogP contribution in [0.2, 0.25) is 0 Å². The first-order valence-corrected chi connectivity index (χ1v) is 4.77. The van der Waals surface area contributed by atoms with Gasteiger partial charge in [-0.3, -0.25) is 10.1 Å². The summed E-state index contributed by atoms with van der Waals surface area (Å²) in [6, 6.07) is 5.55. The van der Waals surface area contributed by atoms with Gasteiger partial charge in [-0.05, 0) is 6.07 Å². The molecule has 8 heteroatoms. The molecule has 7 nitrogen and oxygen atoms in total. The molecule has 1 heterocycles. The molecule has 0 amide bonds. The SMILES string of the molecule is Nc1ncc(F)c(Oc2ccccc2[N+](=O)[O-])n1. The maximum Gasteiger partial charge on any atom is 0.311 e. The number of nitrogens with two attached hydrogens (primary N) is 1. The van der Waals surface area contributed by atoms with Gasteiger partial charge in [-0.15, -0.1) is 0 Å². The molecule has 0 saturated carbocycles. The number of halogens is 1. The number of para-hydroxylation sites is 2. The molecule has 18 heavy (non-hydrogen) atoms. The summed E-state index contributed by atoms with van der Waals surface area (Å²) in [4.78, 5) is 17.0. The van der Waals surface area contributed by atoms with Gasteiger partial charge in [0.15, 0.2) is 0 Å². The Morgan fingerprint density at radius 3 is 2.83 bits per heavy atom. The Bertz CT molecular complexity index is 605. The number of ether oxygens (including phenoxy) is 1. The van der Waals surface area contributed by atoms with Crippen LogP contribution in [0.15, 0.2) is 30.5 Å². The molecule has 0 fully saturated rings. The van der Waals surface area contributed by atoms with Gasteiger partial charge >= 0.3 is 5.69 Å². The van der Waals surface area contributed by atoms with E-state index in [-0.39, 0.29) is 17.4 Å². The number of nitrogens with zero attached hydrogens (tertiary/aromatic N) is 3. The zero-order valence-electron chi connectivity index (χ0n) is 8.91. The lowest BCUT2D eigenvalue weighted by Gasteiger charge is -2.05. The largest absolute Gasteiger partial charge is 0.429 e. The molecule has 0 saturated heterocycles. The zero-order chi connectivity index (χ0) is 13.1. The number of rotatable bonds is 3. The second kappa shape index (κ2) is 4.62. The Hall–Kier alpha value is -2.77. The first-order valence-electron chi connectivity index (χ1n) is 4.77. The van der Waals surface area contributed by atoms with Gasteiger partial charge in [0.2, 0.25) is 17.5 Å². The van der Waals surface area contributed by atoms with Gasteiger partial charge in [0.1, 0.15) is 0 Å². The van der Waals surface area contributed by atoms with Crippen LogP contribution in [-0.2, 0) is 0 Å². The van der Waals surface area contributed by atoms with Crippen LogP contribution in [0.3, 0.4) is 0 Å². The number of nitro groups is 1. The van der Waals surface area contributed by atoms with Crippen molar-refractivity contribution in [3.05, 3.63) is 46.4 Å². The van der Waals surface area contributed by atoms with Crippen LogP contribution in [0.1, 0.15) is 0 Å². The summed E-state index contributed by atoms with van der Waals surface area (Å²) in [6.45, 7) is 0. The summed E-state index contributed by atoms with van der Waals surface area (Å²) in [5.41, 5.74) is 4.98. The normalized spacial score (nSPS) is 10.1. The number of nitro benzene ring substituents is 1. The fourth-order valence-corrected chi connectivity index (χ4v) is 1.23. The van der Waals surface area contributed by atoms with Crippen molar-refractivity contribution in [2.45, 2.75) is 0 Å². The summed E-state index contributed by atoms with van der Waals surface area (Å²) < 4.78 is 18.3. The average molecular weight is 250 g/mol. The standard InChI is InChI=1S/C10H7FN4O3/c11-6-5-13-10(12)14-9(6)18-8-4-2-1-3-7(8)15(16)17/h1-5H,(H2,12,13,14). The molecule has 0 aliphatic heterocycles. The highest BCUT2D eigenvalue weighted by Gasteiger charge is 2.17. The summed E-state index contributed by atoms with van der Waals surface area (Å²) >= 11 is 0. The van der Waals surface area contributed by atoms with Crippen molar-refractivity contribution in [2.24, 2.45) is 0 Å². The molecule has 0 atom stereocenters. The fraction of sp³-hybridized carbons (Fsp3) is 0. The van der Waals surface area contributed by atoms with Crippen LogP contribution >= 0.6 is 0 Å². The Morgan fingerprint density at radius 2 is 2.11 bits per heavy atom. The molecule has 0 radical (unpaired) electrons. The smallest absolute Gasteiger partial charge is 0.311 e. The molecule has 0 bridgehead atoms. The lowest BCUT2D eigenvalue weighted by atomic mass is 10.3. The molecule has 0 aliphatic carbocycles. The van der Waals surface area contributed by atoms with Crippen LogP contribution in [0.25, 0.3) is 0 Å². The molecule has 0 spiro atoms. The minimum absolute atomic E-state index is 0.125. The van der Waals surface area contributed by atoms with Crippen molar-refractivity contribution in [3.8, 4) is 11.6 Å². The van der Waals surface area contributed by atoms with Crippen molar-refractivity contribution >= 4 is 11.6 Å². The second-order valence-electron chi connectivity index (χ2n) is 3.21. The molecule has 2 aromatic rings. The number of benzene rings is 1. The van der Waals surface area contributed by atoms with E-state index in [1.54, 1.807) is 0 Å². The summed E-state index contributed by atoms with van der Waals surface area (Å²) in [5.74, 6) is -1.64. The predicted molar refractivity (Wildman–Crippen MR) is 59.6 cm³/mol. The van der Waals surface area contributed by atoms with E-state index in [9.17, 15) is 14.5 Å². The van der Waals surface area contributed by atoms with Gasteiger partial charge in [0.25, 0.3) is 5.88 Å². The van der Waals surface area contributed by atoms with E-state index in [0.29, 0.717) is 0 Å². The highest BCUT2D eigenvalue weighted by atomic mass is 19.1. The number of hydrogen-bond donors (Lipinski definition) is 1. The molecule has 0 unspecified atom stereocenters. The quantitative estimate of drug-likeness (QED) is 0.658. The molecule has 0 aliphatic rings. The second-order valence-corrected chi connectivity index (χ2v) is 3.21. The first-order chi connectivity index (χ1) is 8.58. The molecule has 2 rings (SSSR count). The minimum Gasteiger partial charge on any atom is -0.429 e. The van der Waals surface area contributed by atoms with Crippen molar-refractivity contribution in [3.63, 3.8) is 0 Å². The van der Waals surface area contributed by atoms with E-state index in [0.717, 1.165) is 6.20 Å². The molecule has 1 aromatic heterocycles. The number of aromatic nitrogens is 2. The Kier molecular flexibility index (Phi) is 3.00. The van der Waals surface area contributed by atoms with Crippen LogP contribution in [0.4, 0.5) is 16.0 Å². The minimum atomic E-state index is -0.859. The maximum atomic E-state index is 13.3. The number of hydrogen-bond acceptors (Lipinski definition) is 6. The molecular formula is C10H7FN4O3. The highest BCUT2D eigenvalue weighted by molar-refractivity contribution is 5.47. The van der Waals surface area contributed by atoms with Crippen LogP contribution in [0, 0.1) is 15.9 Å². The highest BCUT2D eigenvalue weighted by Crippen LogP contribution is 2.30. The molecule has 92 valence electrons. The first kappa shape index (κ1) is 11.7. The maximum absolute atomic E-state index is 13.3. The lowest BCUT2D eigenvalue weighted by Crippen LogP contribution is -2.00. The van der Waals surface area contributed by atoms with Gasteiger partial charge in [-0.2, -0.15) is 9.37 Å². The lowest BCUT2D eigenvalue weighted by molar-refractivity contribution is -0.385. The fourth-order valence-electron chi connectivity index (χ4n) is 1.23. The van der Waals surface area contributed by atoms with Crippen molar-refractivity contribution < 1.29 is 14.1 Å². The van der Waals surface area contributed by atoms with Crippen molar-refractivity contribution in [1.82, 2.24) is 9.97 Å². The number of anilines is 1. The van der Waals surface area contributed by atoms with Crippen LogP contribution in [-0.4, -0.2) is 14.9 Å². The Labute approximate surface area is 100 Å². The average Bonchev–Trinajstić information content (AvgIpc) is 2.34. The molecule has 1 aromatic carbocycles. The third kappa shape index (κ3) is 2.32.